The first-order chi connectivity index (χ1) is 12.6. The summed E-state index contributed by atoms with van der Waals surface area (Å²) >= 11 is 0. The molecule has 0 aromatic carbocycles. The summed E-state index contributed by atoms with van der Waals surface area (Å²) < 4.78 is 1.83. The van der Waals surface area contributed by atoms with E-state index in [0.29, 0.717) is 17.9 Å². The van der Waals surface area contributed by atoms with Gasteiger partial charge in [-0.25, -0.2) is 4.98 Å². The van der Waals surface area contributed by atoms with Gasteiger partial charge in [0, 0.05) is 36.1 Å². The Morgan fingerprint density at radius 2 is 2.15 bits per heavy atom. The Morgan fingerprint density at radius 3 is 2.92 bits per heavy atom. The largest absolute Gasteiger partial charge is 0.368 e. The molecular weight excluding hydrogens is 328 g/mol. The van der Waals surface area contributed by atoms with Crippen LogP contribution in [-0.2, 0) is 6.54 Å². The van der Waals surface area contributed by atoms with E-state index in [1.165, 1.54) is 5.56 Å². The van der Waals surface area contributed by atoms with Crippen molar-refractivity contribution in [2.24, 2.45) is 0 Å². The van der Waals surface area contributed by atoms with Gasteiger partial charge in [-0.2, -0.15) is 4.98 Å². The summed E-state index contributed by atoms with van der Waals surface area (Å²) in [5, 5.41) is 0.883. The van der Waals surface area contributed by atoms with Crippen molar-refractivity contribution in [3.8, 4) is 0 Å². The van der Waals surface area contributed by atoms with Crippen LogP contribution in [-0.4, -0.2) is 19.5 Å². The molecule has 26 heavy (non-hydrogen) atoms. The molecule has 0 spiro atoms. The molecule has 3 aromatic heterocycles. The van der Waals surface area contributed by atoms with Crippen molar-refractivity contribution in [3.05, 3.63) is 51.8 Å². The minimum absolute atomic E-state index is 0.0108. The fraction of sp³-hybridized carbons (Fsp3) is 0.316. The van der Waals surface area contributed by atoms with Gasteiger partial charge in [-0.15, -0.1) is 0 Å². The average molecular weight is 348 g/mol. The number of nitrogens with two attached hydrogens (primary N) is 1. The Morgan fingerprint density at radius 1 is 1.31 bits per heavy atom. The van der Waals surface area contributed by atoms with Crippen LogP contribution in [0.4, 0.5) is 11.6 Å². The molecule has 7 nitrogen and oxygen atoms in total. The van der Waals surface area contributed by atoms with Crippen LogP contribution >= 0.6 is 0 Å². The number of hydrogen-bond donors (Lipinski definition) is 2. The normalized spacial score (nSPS) is 16.7. The van der Waals surface area contributed by atoms with Crippen molar-refractivity contribution in [1.82, 2.24) is 19.5 Å². The van der Waals surface area contributed by atoms with Crippen LogP contribution in [0.25, 0.3) is 17.1 Å². The molecule has 4 heterocycles. The predicted octanol–water partition coefficient (Wildman–Crippen LogP) is 2.73. The third kappa shape index (κ3) is 2.16. The number of pyridine rings is 1. The van der Waals surface area contributed by atoms with E-state index in [9.17, 15) is 4.79 Å². The minimum Gasteiger partial charge on any atom is -0.368 e. The van der Waals surface area contributed by atoms with E-state index in [-0.39, 0.29) is 17.5 Å². The highest BCUT2D eigenvalue weighted by Gasteiger charge is 2.27. The highest BCUT2D eigenvalue weighted by Crippen LogP contribution is 2.34. The van der Waals surface area contributed by atoms with E-state index in [1.54, 1.807) is 0 Å². The lowest BCUT2D eigenvalue weighted by Gasteiger charge is -2.31. The Balaban J connectivity index is 1.74. The lowest BCUT2D eigenvalue weighted by atomic mass is 9.92. The van der Waals surface area contributed by atoms with Crippen LogP contribution in [0.1, 0.15) is 42.3 Å². The number of fused-ring (bicyclic) bond motifs is 2. The summed E-state index contributed by atoms with van der Waals surface area (Å²) in [5.41, 5.74) is 10.2. The maximum atomic E-state index is 13.4. The number of aromatic nitrogens is 4. The molecule has 3 N–H and O–H groups in total. The Labute approximate surface area is 150 Å². The number of hydrogen-bond acceptors (Lipinski definition) is 5. The van der Waals surface area contributed by atoms with Crippen LogP contribution in [0.5, 0.6) is 0 Å². The predicted molar refractivity (Wildman–Crippen MR) is 102 cm³/mol. The van der Waals surface area contributed by atoms with Crippen LogP contribution in [0.3, 0.4) is 0 Å². The van der Waals surface area contributed by atoms with Crippen LogP contribution in [0, 0.1) is 6.92 Å². The number of nitrogen functional groups attached to an aromatic ring is 1. The number of nitrogens with one attached hydrogen (secondary N) is 1. The first-order valence-corrected chi connectivity index (χ1v) is 8.92. The zero-order valence-electron chi connectivity index (χ0n) is 14.6. The van der Waals surface area contributed by atoms with Gasteiger partial charge in [0.25, 0.3) is 5.56 Å². The van der Waals surface area contributed by atoms with Gasteiger partial charge in [0.1, 0.15) is 11.3 Å². The Hall–Kier alpha value is -3.09. The van der Waals surface area contributed by atoms with Crippen LogP contribution in [0.2, 0.25) is 0 Å². The zero-order valence-corrected chi connectivity index (χ0v) is 14.6. The van der Waals surface area contributed by atoms with E-state index < -0.39 is 0 Å². The monoisotopic (exact) mass is 348 g/mol. The maximum Gasteiger partial charge on any atom is 0.276 e. The van der Waals surface area contributed by atoms with E-state index in [0.717, 1.165) is 36.0 Å². The van der Waals surface area contributed by atoms with Crippen molar-refractivity contribution in [3.63, 3.8) is 0 Å². The molecule has 0 unspecified atom stereocenters. The molecule has 5 rings (SSSR count). The fourth-order valence-electron chi connectivity index (χ4n) is 3.82. The lowest BCUT2D eigenvalue weighted by Crippen LogP contribution is -2.34. The maximum absolute atomic E-state index is 13.4. The zero-order chi connectivity index (χ0) is 17.8. The second kappa shape index (κ2) is 5.45. The van der Waals surface area contributed by atoms with Crippen molar-refractivity contribution in [2.45, 2.75) is 38.8 Å². The second-order valence-corrected chi connectivity index (χ2v) is 7.05. The molecule has 1 saturated carbocycles. The molecule has 132 valence electrons. The molecule has 0 saturated heterocycles. The van der Waals surface area contributed by atoms with Gasteiger partial charge in [0.15, 0.2) is 0 Å². The Bertz CT molecular complexity index is 1110. The lowest BCUT2D eigenvalue weighted by molar-refractivity contribution is 0.313. The van der Waals surface area contributed by atoms with Gasteiger partial charge in [0.2, 0.25) is 5.95 Å². The molecule has 1 aliphatic heterocycles. The summed E-state index contributed by atoms with van der Waals surface area (Å²) in [7, 11) is 0. The quantitative estimate of drug-likeness (QED) is 0.743. The number of anilines is 2. The van der Waals surface area contributed by atoms with Crippen molar-refractivity contribution in [1.29, 1.82) is 0 Å². The molecule has 0 atom stereocenters. The summed E-state index contributed by atoms with van der Waals surface area (Å²) in [6, 6.07) is 4.14. The van der Waals surface area contributed by atoms with E-state index in [1.807, 2.05) is 47.0 Å². The molecule has 3 aromatic rings. The summed E-state index contributed by atoms with van der Waals surface area (Å²) in [6.07, 6.45) is 9.02. The van der Waals surface area contributed by atoms with Gasteiger partial charge in [-0.05, 0) is 50.0 Å². The standard InChI is InChI=1S/C19H20N6O/c1-11-14-9-16(24-8-6-15-12(10-24)5-7-21-15)18(26)25(13-3-2-4-13)17(14)23-19(20)22-11/h5-9,13,21H,2-4,10H2,1H3,(H2,20,22,23). The van der Waals surface area contributed by atoms with E-state index in [4.69, 9.17) is 5.73 Å². The number of nitrogens with zero attached hydrogens (tertiary/aromatic N) is 4. The van der Waals surface area contributed by atoms with Crippen LogP contribution < -0.4 is 16.2 Å². The number of aromatic amines is 1. The molecule has 7 heteroatoms. The topological polar surface area (TPSA) is 92.8 Å². The van der Waals surface area contributed by atoms with Gasteiger partial charge in [-0.3, -0.25) is 9.36 Å². The summed E-state index contributed by atoms with van der Waals surface area (Å²) in [5.74, 6) is 0.213. The van der Waals surface area contributed by atoms with Gasteiger partial charge >= 0.3 is 0 Å². The molecular formula is C19H20N6O. The van der Waals surface area contributed by atoms with Gasteiger partial charge in [-0.1, -0.05) is 0 Å². The van der Waals surface area contributed by atoms with E-state index in [2.05, 4.69) is 15.0 Å². The average Bonchev–Trinajstić information content (AvgIpc) is 3.03. The minimum atomic E-state index is -0.0108. The molecule has 0 radical (unpaired) electrons. The van der Waals surface area contributed by atoms with Crippen molar-refractivity contribution >= 4 is 28.7 Å². The first kappa shape index (κ1) is 15.2. The molecule has 0 amide bonds. The van der Waals surface area contributed by atoms with Crippen molar-refractivity contribution < 1.29 is 0 Å². The third-order valence-corrected chi connectivity index (χ3v) is 5.46. The molecule has 1 fully saturated rings. The smallest absolute Gasteiger partial charge is 0.276 e. The third-order valence-electron chi connectivity index (χ3n) is 5.46. The Kier molecular flexibility index (Phi) is 3.19. The number of H-pyrrole nitrogens is 1. The van der Waals surface area contributed by atoms with Crippen LogP contribution in [0.15, 0.2) is 29.3 Å². The summed E-state index contributed by atoms with van der Waals surface area (Å²) in [6.45, 7) is 2.58. The SMILES string of the molecule is Cc1nc(N)nc2c1cc(N1C=Cc3[nH]ccc3C1)c(=O)n2C1CCC1. The molecule has 2 aliphatic rings. The first-order valence-electron chi connectivity index (χ1n) is 8.92. The van der Waals surface area contributed by atoms with E-state index >= 15 is 0 Å². The number of rotatable bonds is 2. The molecule has 0 bridgehead atoms. The highest BCUT2D eigenvalue weighted by molar-refractivity contribution is 5.83. The fourth-order valence-corrected chi connectivity index (χ4v) is 3.82. The van der Waals surface area contributed by atoms with Crippen molar-refractivity contribution in [2.75, 3.05) is 10.6 Å². The van der Waals surface area contributed by atoms with Gasteiger partial charge < -0.3 is 15.6 Å². The summed E-state index contributed by atoms with van der Waals surface area (Å²) in [4.78, 5) is 27.3. The highest BCUT2D eigenvalue weighted by atomic mass is 16.1. The second-order valence-electron chi connectivity index (χ2n) is 7.05. The molecule has 1 aliphatic carbocycles. The van der Waals surface area contributed by atoms with Gasteiger partial charge in [0.05, 0.1) is 5.69 Å². The number of aryl methyl sites for hydroxylation is 1.